The molecule has 2 rings (SSSR count). The molecule has 0 saturated carbocycles. The predicted molar refractivity (Wildman–Crippen MR) is 86.6 cm³/mol. The second-order valence-electron chi connectivity index (χ2n) is 6.19. The van der Waals surface area contributed by atoms with Crippen molar-refractivity contribution in [2.45, 2.75) is 38.8 Å². The van der Waals surface area contributed by atoms with Crippen LogP contribution in [0, 0.1) is 17.5 Å². The molecular formula is C18H22F3NO3. The van der Waals surface area contributed by atoms with E-state index in [1.54, 1.807) is 0 Å². The molecule has 1 aromatic rings. The van der Waals surface area contributed by atoms with Crippen LogP contribution in [-0.4, -0.2) is 37.9 Å². The van der Waals surface area contributed by atoms with Crippen LogP contribution in [0.1, 0.15) is 25.8 Å². The SMILES string of the molecule is CC(C)=CCO[C@H]1CCOC[C@H]1NC(=O)Cc1c(F)ccc(F)c1F. The molecular weight excluding hydrogens is 335 g/mol. The molecule has 138 valence electrons. The average molecular weight is 357 g/mol. The first kappa shape index (κ1) is 19.5. The second-order valence-corrected chi connectivity index (χ2v) is 6.19. The van der Waals surface area contributed by atoms with Crippen molar-refractivity contribution in [1.82, 2.24) is 5.32 Å². The van der Waals surface area contributed by atoms with E-state index in [0.29, 0.717) is 25.7 Å². The molecule has 1 saturated heterocycles. The van der Waals surface area contributed by atoms with Gasteiger partial charge in [-0.25, -0.2) is 13.2 Å². The lowest BCUT2D eigenvalue weighted by molar-refractivity contribution is -0.125. The first-order valence-corrected chi connectivity index (χ1v) is 8.13. The van der Waals surface area contributed by atoms with Crippen LogP contribution in [0.5, 0.6) is 0 Å². The molecule has 1 fully saturated rings. The number of halogens is 3. The molecule has 0 aliphatic carbocycles. The smallest absolute Gasteiger partial charge is 0.225 e. The Hall–Kier alpha value is -1.86. The first-order valence-electron chi connectivity index (χ1n) is 8.13. The van der Waals surface area contributed by atoms with Gasteiger partial charge in [-0.2, -0.15) is 0 Å². The molecule has 0 radical (unpaired) electrons. The van der Waals surface area contributed by atoms with E-state index in [-0.39, 0.29) is 12.7 Å². The van der Waals surface area contributed by atoms with Crippen LogP contribution < -0.4 is 5.32 Å². The topological polar surface area (TPSA) is 47.6 Å². The Morgan fingerprint density at radius 2 is 2.04 bits per heavy atom. The molecule has 1 amide bonds. The van der Waals surface area contributed by atoms with Gasteiger partial charge < -0.3 is 14.8 Å². The summed E-state index contributed by atoms with van der Waals surface area (Å²) in [5.41, 5.74) is 0.529. The third-order valence-corrected chi connectivity index (χ3v) is 3.92. The summed E-state index contributed by atoms with van der Waals surface area (Å²) < 4.78 is 51.6. The minimum atomic E-state index is -1.34. The standard InChI is InChI=1S/C18H22F3NO3/c1-11(2)5-8-25-16-6-7-24-10-15(16)22-17(23)9-12-13(19)3-4-14(20)18(12)21/h3-5,15-16H,6-10H2,1-2H3,(H,22,23)/t15-,16+/m1/s1. The molecule has 1 heterocycles. The summed E-state index contributed by atoms with van der Waals surface area (Å²) in [5, 5.41) is 2.66. The molecule has 0 unspecified atom stereocenters. The van der Waals surface area contributed by atoms with Crippen molar-refractivity contribution in [2.24, 2.45) is 0 Å². The number of nitrogens with one attached hydrogen (secondary N) is 1. The van der Waals surface area contributed by atoms with E-state index >= 15 is 0 Å². The Balaban J connectivity index is 1.98. The van der Waals surface area contributed by atoms with E-state index in [4.69, 9.17) is 9.47 Å². The van der Waals surface area contributed by atoms with Gasteiger partial charge in [0.05, 0.1) is 31.8 Å². The number of rotatable bonds is 6. The number of ether oxygens (including phenoxy) is 2. The van der Waals surface area contributed by atoms with Crippen LogP contribution in [0.15, 0.2) is 23.8 Å². The summed E-state index contributed by atoms with van der Waals surface area (Å²) in [6, 6.07) is 1.07. The van der Waals surface area contributed by atoms with Gasteiger partial charge in [0, 0.05) is 12.2 Å². The zero-order valence-electron chi connectivity index (χ0n) is 14.3. The monoisotopic (exact) mass is 357 g/mol. The van der Waals surface area contributed by atoms with E-state index in [9.17, 15) is 18.0 Å². The van der Waals surface area contributed by atoms with Crippen molar-refractivity contribution in [2.75, 3.05) is 19.8 Å². The maximum absolute atomic E-state index is 13.7. The van der Waals surface area contributed by atoms with E-state index in [1.165, 1.54) is 0 Å². The zero-order chi connectivity index (χ0) is 18.4. The Kier molecular flexibility index (Phi) is 7.01. The molecule has 7 heteroatoms. The molecule has 0 bridgehead atoms. The fourth-order valence-electron chi connectivity index (χ4n) is 2.54. The van der Waals surface area contributed by atoms with E-state index < -0.39 is 41.4 Å². The van der Waals surface area contributed by atoms with Crippen LogP contribution in [-0.2, 0) is 20.7 Å². The van der Waals surface area contributed by atoms with Crippen molar-refractivity contribution in [1.29, 1.82) is 0 Å². The van der Waals surface area contributed by atoms with Gasteiger partial charge in [0.2, 0.25) is 5.91 Å². The molecule has 1 aromatic carbocycles. The fraction of sp³-hybridized carbons (Fsp3) is 0.500. The van der Waals surface area contributed by atoms with Gasteiger partial charge in [0.25, 0.3) is 0 Å². The van der Waals surface area contributed by atoms with Gasteiger partial charge in [-0.3, -0.25) is 4.79 Å². The Bertz CT molecular complexity index is 645. The lowest BCUT2D eigenvalue weighted by Gasteiger charge is -2.32. The zero-order valence-corrected chi connectivity index (χ0v) is 14.3. The van der Waals surface area contributed by atoms with E-state index in [1.807, 2.05) is 19.9 Å². The summed E-state index contributed by atoms with van der Waals surface area (Å²) in [7, 11) is 0. The van der Waals surface area contributed by atoms with Crippen molar-refractivity contribution in [3.63, 3.8) is 0 Å². The molecule has 4 nitrogen and oxygen atoms in total. The summed E-state index contributed by atoms with van der Waals surface area (Å²) in [6.07, 6.45) is 1.68. The van der Waals surface area contributed by atoms with Gasteiger partial charge in [-0.1, -0.05) is 11.6 Å². The number of benzene rings is 1. The summed E-state index contributed by atoms with van der Waals surface area (Å²) in [5.74, 6) is -4.10. The van der Waals surface area contributed by atoms with Crippen LogP contribution in [0.3, 0.4) is 0 Å². The van der Waals surface area contributed by atoms with Crippen molar-refractivity contribution < 1.29 is 27.4 Å². The number of amides is 1. The molecule has 25 heavy (non-hydrogen) atoms. The maximum atomic E-state index is 13.7. The predicted octanol–water partition coefficient (Wildman–Crippen LogP) is 2.90. The molecule has 1 aliphatic heterocycles. The highest BCUT2D eigenvalue weighted by atomic mass is 19.2. The van der Waals surface area contributed by atoms with Crippen molar-refractivity contribution >= 4 is 5.91 Å². The first-order chi connectivity index (χ1) is 11.9. The minimum Gasteiger partial charge on any atom is -0.379 e. The highest BCUT2D eigenvalue weighted by Gasteiger charge is 2.28. The highest BCUT2D eigenvalue weighted by molar-refractivity contribution is 5.79. The van der Waals surface area contributed by atoms with Gasteiger partial charge >= 0.3 is 0 Å². The molecule has 2 atom stereocenters. The number of carbonyl (C=O) groups is 1. The second kappa shape index (κ2) is 9.01. The number of hydrogen-bond acceptors (Lipinski definition) is 3. The fourth-order valence-corrected chi connectivity index (χ4v) is 2.54. The lowest BCUT2D eigenvalue weighted by Crippen LogP contribution is -2.51. The Morgan fingerprint density at radius 3 is 2.76 bits per heavy atom. The number of carbonyl (C=O) groups excluding carboxylic acids is 1. The quantitative estimate of drug-likeness (QED) is 0.629. The maximum Gasteiger partial charge on any atom is 0.225 e. The molecule has 0 spiro atoms. The third kappa shape index (κ3) is 5.57. The van der Waals surface area contributed by atoms with Gasteiger partial charge in [0.15, 0.2) is 11.6 Å². The molecule has 1 N–H and O–H groups in total. The van der Waals surface area contributed by atoms with Crippen LogP contribution in [0.2, 0.25) is 0 Å². The van der Waals surface area contributed by atoms with E-state index in [2.05, 4.69) is 5.32 Å². The average Bonchev–Trinajstić information content (AvgIpc) is 2.56. The van der Waals surface area contributed by atoms with Crippen LogP contribution in [0.4, 0.5) is 13.2 Å². The van der Waals surface area contributed by atoms with Gasteiger partial charge in [0.1, 0.15) is 5.82 Å². The van der Waals surface area contributed by atoms with Crippen molar-refractivity contribution in [3.8, 4) is 0 Å². The van der Waals surface area contributed by atoms with Crippen molar-refractivity contribution in [3.05, 3.63) is 46.8 Å². The minimum absolute atomic E-state index is 0.249. The highest BCUT2D eigenvalue weighted by Crippen LogP contribution is 2.17. The number of hydrogen-bond donors (Lipinski definition) is 1. The Morgan fingerprint density at radius 1 is 1.32 bits per heavy atom. The van der Waals surface area contributed by atoms with Crippen LogP contribution in [0.25, 0.3) is 0 Å². The summed E-state index contributed by atoms with van der Waals surface area (Å²) in [4.78, 5) is 12.1. The Labute approximate surface area is 145 Å². The third-order valence-electron chi connectivity index (χ3n) is 3.92. The van der Waals surface area contributed by atoms with Gasteiger partial charge in [-0.05, 0) is 32.4 Å². The summed E-state index contributed by atoms with van der Waals surface area (Å²) in [6.45, 7) is 5.08. The van der Waals surface area contributed by atoms with Gasteiger partial charge in [-0.15, -0.1) is 0 Å². The molecule has 1 aliphatic rings. The molecule has 0 aromatic heterocycles. The summed E-state index contributed by atoms with van der Waals surface area (Å²) >= 11 is 0. The van der Waals surface area contributed by atoms with E-state index in [0.717, 1.165) is 11.6 Å². The van der Waals surface area contributed by atoms with Crippen LogP contribution >= 0.6 is 0 Å². The number of allylic oxidation sites excluding steroid dienone is 1. The lowest BCUT2D eigenvalue weighted by atomic mass is 10.0. The largest absolute Gasteiger partial charge is 0.379 e. The normalized spacial score (nSPS) is 20.2.